The van der Waals surface area contributed by atoms with Crippen molar-refractivity contribution in [2.45, 2.75) is 44.6 Å². The molecule has 1 rings (SSSR count). The highest BCUT2D eigenvalue weighted by Gasteiger charge is 2.18. The molecule has 1 saturated carbocycles. The van der Waals surface area contributed by atoms with Gasteiger partial charge < -0.3 is 15.1 Å². The van der Waals surface area contributed by atoms with E-state index < -0.39 is 12.1 Å². The van der Waals surface area contributed by atoms with Gasteiger partial charge in [0.1, 0.15) is 0 Å². The number of likely N-dealkylation sites (N-methyl/N-ethyl adjacent to an activating group) is 1. The second-order valence-electron chi connectivity index (χ2n) is 4.93. The Morgan fingerprint density at radius 1 is 1.50 bits per heavy atom. The predicted octanol–water partition coefficient (Wildman–Crippen LogP) is 1.33. The van der Waals surface area contributed by atoms with Crippen LogP contribution in [0, 0.1) is 5.92 Å². The maximum absolute atomic E-state index is 10.3. The van der Waals surface area contributed by atoms with E-state index in [1.54, 1.807) is 0 Å². The van der Waals surface area contributed by atoms with Gasteiger partial charge in [-0.1, -0.05) is 19.3 Å². The van der Waals surface area contributed by atoms with E-state index in [-0.39, 0.29) is 6.42 Å². The van der Waals surface area contributed by atoms with Gasteiger partial charge in [-0.25, -0.2) is 0 Å². The van der Waals surface area contributed by atoms with Crippen LogP contribution in [-0.4, -0.2) is 47.3 Å². The summed E-state index contributed by atoms with van der Waals surface area (Å²) in [6, 6.07) is 0. The van der Waals surface area contributed by atoms with Gasteiger partial charge in [0.25, 0.3) is 0 Å². The van der Waals surface area contributed by atoms with Crippen molar-refractivity contribution in [3.8, 4) is 0 Å². The van der Waals surface area contributed by atoms with E-state index in [0.29, 0.717) is 13.0 Å². The second kappa shape index (κ2) is 6.86. The van der Waals surface area contributed by atoms with Crippen LogP contribution in [0.3, 0.4) is 0 Å². The first kappa shape index (κ1) is 13.5. The lowest BCUT2D eigenvalue weighted by molar-refractivity contribution is -0.137. The molecule has 0 aromatic heterocycles. The minimum Gasteiger partial charge on any atom is -0.481 e. The zero-order valence-corrected chi connectivity index (χ0v) is 10.1. The van der Waals surface area contributed by atoms with Crippen molar-refractivity contribution in [2.24, 2.45) is 5.92 Å². The topological polar surface area (TPSA) is 60.8 Å². The molecule has 0 spiro atoms. The second-order valence-corrected chi connectivity index (χ2v) is 4.93. The molecule has 94 valence electrons. The van der Waals surface area contributed by atoms with Gasteiger partial charge in [0, 0.05) is 13.0 Å². The minimum absolute atomic E-state index is 0.0532. The quantitative estimate of drug-likeness (QED) is 0.659. The van der Waals surface area contributed by atoms with Crippen LogP contribution in [0.25, 0.3) is 0 Å². The van der Waals surface area contributed by atoms with E-state index in [2.05, 4.69) is 4.90 Å². The fourth-order valence-electron chi connectivity index (χ4n) is 2.02. The highest BCUT2D eigenvalue weighted by molar-refractivity contribution is 5.66. The molecule has 4 nitrogen and oxygen atoms in total. The number of carboxylic acid groups (broad SMARTS) is 1. The van der Waals surface area contributed by atoms with Gasteiger partial charge in [-0.2, -0.15) is 0 Å². The van der Waals surface area contributed by atoms with Crippen molar-refractivity contribution in [3.05, 3.63) is 0 Å². The van der Waals surface area contributed by atoms with Gasteiger partial charge in [-0.15, -0.1) is 0 Å². The summed E-state index contributed by atoms with van der Waals surface area (Å²) in [6.45, 7) is 1.59. The minimum atomic E-state index is -0.837. The fourth-order valence-corrected chi connectivity index (χ4v) is 2.02. The van der Waals surface area contributed by atoms with Gasteiger partial charge >= 0.3 is 5.97 Å². The Balaban J connectivity index is 2.02. The van der Waals surface area contributed by atoms with E-state index in [4.69, 9.17) is 5.11 Å². The molecule has 1 aliphatic rings. The van der Waals surface area contributed by atoms with Gasteiger partial charge in [0.15, 0.2) is 0 Å². The number of aliphatic carboxylic acids is 1. The molecule has 0 saturated heterocycles. The fraction of sp³-hybridized carbons (Fsp3) is 0.917. The highest BCUT2D eigenvalue weighted by Crippen LogP contribution is 2.29. The van der Waals surface area contributed by atoms with Crippen LogP contribution in [0.5, 0.6) is 0 Å². The molecule has 2 N–H and O–H groups in total. The predicted molar refractivity (Wildman–Crippen MR) is 62.3 cm³/mol. The summed E-state index contributed by atoms with van der Waals surface area (Å²) < 4.78 is 0. The van der Waals surface area contributed by atoms with E-state index in [9.17, 15) is 9.90 Å². The first-order valence-corrected chi connectivity index (χ1v) is 6.16. The third kappa shape index (κ3) is 5.47. The number of nitrogens with zero attached hydrogens (tertiary/aromatic N) is 1. The zero-order valence-electron chi connectivity index (χ0n) is 10.1. The summed E-state index contributed by atoms with van der Waals surface area (Å²) in [6.07, 6.45) is 5.19. The Hall–Kier alpha value is -0.610. The summed E-state index contributed by atoms with van der Waals surface area (Å²) in [4.78, 5) is 12.4. The normalized spacial score (nSPS) is 18.4. The van der Waals surface area contributed by atoms with Gasteiger partial charge in [0.2, 0.25) is 0 Å². The van der Waals surface area contributed by atoms with Crippen LogP contribution in [0.4, 0.5) is 0 Å². The van der Waals surface area contributed by atoms with Crippen molar-refractivity contribution in [1.82, 2.24) is 4.90 Å². The molecule has 16 heavy (non-hydrogen) atoms. The van der Waals surface area contributed by atoms with Crippen LogP contribution in [0.2, 0.25) is 0 Å². The van der Waals surface area contributed by atoms with Crippen molar-refractivity contribution in [2.75, 3.05) is 20.1 Å². The largest absolute Gasteiger partial charge is 0.481 e. The van der Waals surface area contributed by atoms with Gasteiger partial charge in [-0.3, -0.25) is 4.79 Å². The standard InChI is InChI=1S/C12H23NO3/c1-13(8-7-10-3-2-4-10)9-11(14)5-6-12(15)16/h10-11,14H,2-9H2,1H3,(H,15,16). The highest BCUT2D eigenvalue weighted by atomic mass is 16.4. The molecule has 1 fully saturated rings. The molecule has 0 aromatic carbocycles. The van der Waals surface area contributed by atoms with E-state index >= 15 is 0 Å². The Labute approximate surface area is 97.3 Å². The van der Waals surface area contributed by atoms with E-state index in [1.165, 1.54) is 25.7 Å². The molecule has 0 heterocycles. The number of aliphatic hydroxyl groups is 1. The molecule has 1 aliphatic carbocycles. The average Bonchev–Trinajstić information content (AvgIpc) is 2.12. The van der Waals surface area contributed by atoms with Gasteiger partial charge in [-0.05, 0) is 32.4 Å². The maximum atomic E-state index is 10.3. The van der Waals surface area contributed by atoms with Crippen molar-refractivity contribution in [3.63, 3.8) is 0 Å². The number of carboxylic acids is 1. The lowest BCUT2D eigenvalue weighted by atomic mass is 9.83. The van der Waals surface area contributed by atoms with Crippen LogP contribution >= 0.6 is 0 Å². The first-order chi connectivity index (χ1) is 7.58. The smallest absolute Gasteiger partial charge is 0.303 e. The molecular formula is C12H23NO3. The molecule has 1 unspecified atom stereocenters. The third-order valence-electron chi connectivity index (χ3n) is 3.36. The lowest BCUT2D eigenvalue weighted by Crippen LogP contribution is -2.31. The number of carbonyl (C=O) groups is 1. The van der Waals surface area contributed by atoms with Crippen LogP contribution in [0.15, 0.2) is 0 Å². The Morgan fingerprint density at radius 2 is 2.19 bits per heavy atom. The number of hydrogen-bond donors (Lipinski definition) is 2. The van der Waals surface area contributed by atoms with Gasteiger partial charge in [0.05, 0.1) is 6.10 Å². The average molecular weight is 229 g/mol. The number of hydrogen-bond acceptors (Lipinski definition) is 3. The summed E-state index contributed by atoms with van der Waals surface area (Å²) in [5.74, 6) is 0.0507. The Morgan fingerprint density at radius 3 is 2.69 bits per heavy atom. The Bertz CT molecular complexity index is 216. The zero-order chi connectivity index (χ0) is 12.0. The number of rotatable bonds is 8. The first-order valence-electron chi connectivity index (χ1n) is 6.16. The lowest BCUT2D eigenvalue weighted by Gasteiger charge is -2.28. The molecular weight excluding hydrogens is 206 g/mol. The van der Waals surface area contributed by atoms with Crippen LogP contribution in [-0.2, 0) is 4.79 Å². The molecule has 4 heteroatoms. The van der Waals surface area contributed by atoms with Crippen LogP contribution in [0.1, 0.15) is 38.5 Å². The van der Waals surface area contributed by atoms with Crippen molar-refractivity contribution < 1.29 is 15.0 Å². The maximum Gasteiger partial charge on any atom is 0.303 e. The third-order valence-corrected chi connectivity index (χ3v) is 3.36. The molecule has 0 bridgehead atoms. The molecule has 0 aliphatic heterocycles. The molecule has 1 atom stereocenters. The summed E-state index contributed by atoms with van der Waals surface area (Å²) in [5.41, 5.74) is 0. The Kier molecular flexibility index (Phi) is 5.77. The summed E-state index contributed by atoms with van der Waals surface area (Å²) >= 11 is 0. The van der Waals surface area contributed by atoms with E-state index in [0.717, 1.165) is 12.5 Å². The molecule has 0 amide bonds. The monoisotopic (exact) mass is 229 g/mol. The van der Waals surface area contributed by atoms with Crippen molar-refractivity contribution >= 4 is 5.97 Å². The SMILES string of the molecule is CN(CCC1CCC1)CC(O)CCC(=O)O. The van der Waals surface area contributed by atoms with E-state index in [1.807, 2.05) is 7.05 Å². The summed E-state index contributed by atoms with van der Waals surface area (Å²) in [7, 11) is 1.99. The summed E-state index contributed by atoms with van der Waals surface area (Å²) in [5, 5.41) is 18.1. The molecule has 0 radical (unpaired) electrons. The molecule has 0 aromatic rings. The van der Waals surface area contributed by atoms with Crippen molar-refractivity contribution in [1.29, 1.82) is 0 Å². The number of aliphatic hydroxyl groups excluding tert-OH is 1. The van der Waals surface area contributed by atoms with Crippen LogP contribution < -0.4 is 0 Å².